The minimum absolute atomic E-state index is 0.0315. The second kappa shape index (κ2) is 10.6. The molecule has 148 valence electrons. The van der Waals surface area contributed by atoms with Crippen molar-refractivity contribution in [2.24, 2.45) is 0 Å². The molecule has 0 spiro atoms. The van der Waals surface area contributed by atoms with Crippen LogP contribution in [0.2, 0.25) is 0 Å². The molecule has 0 unspecified atom stereocenters. The Morgan fingerprint density at radius 2 is 1.81 bits per heavy atom. The molecule has 0 bridgehead atoms. The van der Waals surface area contributed by atoms with Crippen molar-refractivity contribution in [1.82, 2.24) is 15.5 Å². The first-order valence-electron chi connectivity index (χ1n) is 9.26. The maximum atomic E-state index is 12.2. The number of para-hydroxylation sites is 1. The zero-order valence-corrected chi connectivity index (χ0v) is 15.9. The summed E-state index contributed by atoms with van der Waals surface area (Å²) in [5.41, 5.74) is 0.629. The quantitative estimate of drug-likeness (QED) is 0.478. The van der Waals surface area contributed by atoms with Crippen LogP contribution in [-0.2, 0) is 14.3 Å². The standard InChI is InChI=1S/C19H28N4O4/c1-14(2)21-17(24)15-6-3-4-7-16(15)22-19(26)18(25)20-8-5-9-23-10-12-27-13-11-23/h3-4,6-7,14H,5,8-13H2,1-2H3,(H,20,25)(H,21,24)(H,22,26). The van der Waals surface area contributed by atoms with Gasteiger partial charge in [-0.3, -0.25) is 19.3 Å². The first-order valence-corrected chi connectivity index (χ1v) is 9.26. The predicted octanol–water partition coefficient (Wildman–Crippen LogP) is 0.602. The molecule has 3 amide bonds. The highest BCUT2D eigenvalue weighted by atomic mass is 16.5. The summed E-state index contributed by atoms with van der Waals surface area (Å²) >= 11 is 0. The highest BCUT2D eigenvalue weighted by Crippen LogP contribution is 2.15. The fourth-order valence-electron chi connectivity index (χ4n) is 2.72. The minimum atomic E-state index is -0.786. The van der Waals surface area contributed by atoms with Crippen molar-refractivity contribution in [3.05, 3.63) is 29.8 Å². The van der Waals surface area contributed by atoms with Crippen LogP contribution in [0.5, 0.6) is 0 Å². The summed E-state index contributed by atoms with van der Waals surface area (Å²) in [4.78, 5) is 38.6. The third-order valence-electron chi connectivity index (χ3n) is 4.09. The maximum absolute atomic E-state index is 12.2. The van der Waals surface area contributed by atoms with Gasteiger partial charge in [0.2, 0.25) is 0 Å². The number of hydrogen-bond donors (Lipinski definition) is 3. The molecule has 8 heteroatoms. The highest BCUT2D eigenvalue weighted by molar-refractivity contribution is 6.40. The lowest BCUT2D eigenvalue weighted by molar-refractivity contribution is -0.136. The molecule has 2 rings (SSSR count). The zero-order chi connectivity index (χ0) is 19.6. The summed E-state index contributed by atoms with van der Waals surface area (Å²) in [7, 11) is 0. The van der Waals surface area contributed by atoms with Crippen LogP contribution in [0.25, 0.3) is 0 Å². The third-order valence-corrected chi connectivity index (χ3v) is 4.09. The largest absolute Gasteiger partial charge is 0.379 e. The average Bonchev–Trinajstić information content (AvgIpc) is 2.65. The Bertz CT molecular complexity index is 657. The van der Waals surface area contributed by atoms with Crippen molar-refractivity contribution in [1.29, 1.82) is 0 Å². The number of hydrogen-bond acceptors (Lipinski definition) is 5. The molecule has 1 aromatic rings. The summed E-state index contributed by atoms with van der Waals surface area (Å²) in [5, 5.41) is 7.90. The lowest BCUT2D eigenvalue weighted by Crippen LogP contribution is -2.40. The molecule has 0 aromatic heterocycles. The topological polar surface area (TPSA) is 99.8 Å². The molecule has 1 heterocycles. The van der Waals surface area contributed by atoms with Crippen LogP contribution in [0.4, 0.5) is 5.69 Å². The van der Waals surface area contributed by atoms with Crippen LogP contribution in [0.1, 0.15) is 30.6 Å². The van der Waals surface area contributed by atoms with Crippen molar-refractivity contribution in [2.45, 2.75) is 26.3 Å². The third kappa shape index (κ3) is 6.99. The number of rotatable bonds is 7. The van der Waals surface area contributed by atoms with Gasteiger partial charge in [0.25, 0.3) is 5.91 Å². The number of amides is 3. The zero-order valence-electron chi connectivity index (χ0n) is 15.9. The Morgan fingerprint density at radius 1 is 1.11 bits per heavy atom. The van der Waals surface area contributed by atoms with Gasteiger partial charge in [-0.05, 0) is 38.9 Å². The molecule has 1 saturated heterocycles. The van der Waals surface area contributed by atoms with Gasteiger partial charge >= 0.3 is 11.8 Å². The van der Waals surface area contributed by atoms with E-state index in [1.165, 1.54) is 0 Å². The van der Waals surface area contributed by atoms with E-state index in [2.05, 4.69) is 20.9 Å². The molecular formula is C19H28N4O4. The lowest BCUT2D eigenvalue weighted by atomic mass is 10.1. The summed E-state index contributed by atoms with van der Waals surface area (Å²) in [5.74, 6) is -1.80. The van der Waals surface area contributed by atoms with Crippen molar-refractivity contribution in [2.75, 3.05) is 44.7 Å². The molecule has 1 aromatic carbocycles. The van der Waals surface area contributed by atoms with Gasteiger partial charge in [-0.15, -0.1) is 0 Å². The van der Waals surface area contributed by atoms with Crippen LogP contribution in [0.3, 0.4) is 0 Å². The van der Waals surface area contributed by atoms with Crippen molar-refractivity contribution >= 4 is 23.4 Å². The van der Waals surface area contributed by atoms with E-state index in [1.807, 2.05) is 13.8 Å². The van der Waals surface area contributed by atoms with E-state index in [0.717, 1.165) is 39.3 Å². The maximum Gasteiger partial charge on any atom is 0.313 e. The normalized spacial score (nSPS) is 14.6. The fraction of sp³-hybridized carbons (Fsp3) is 0.526. The number of ether oxygens (including phenoxy) is 1. The highest BCUT2D eigenvalue weighted by Gasteiger charge is 2.18. The van der Waals surface area contributed by atoms with Gasteiger partial charge in [-0.1, -0.05) is 12.1 Å². The number of nitrogens with one attached hydrogen (secondary N) is 3. The monoisotopic (exact) mass is 376 g/mol. The van der Waals surface area contributed by atoms with Gasteiger partial charge in [-0.2, -0.15) is 0 Å². The summed E-state index contributed by atoms with van der Waals surface area (Å²) < 4.78 is 5.29. The van der Waals surface area contributed by atoms with E-state index >= 15 is 0 Å². The van der Waals surface area contributed by atoms with Crippen LogP contribution in [0, 0.1) is 0 Å². The van der Waals surface area contributed by atoms with Gasteiger partial charge < -0.3 is 20.7 Å². The summed E-state index contributed by atoms with van der Waals surface area (Å²) in [6.07, 6.45) is 0.756. The van der Waals surface area contributed by atoms with Crippen molar-refractivity contribution in [3.8, 4) is 0 Å². The van der Waals surface area contributed by atoms with Crippen molar-refractivity contribution in [3.63, 3.8) is 0 Å². The van der Waals surface area contributed by atoms with E-state index in [9.17, 15) is 14.4 Å². The van der Waals surface area contributed by atoms with E-state index < -0.39 is 11.8 Å². The molecule has 0 saturated carbocycles. The average molecular weight is 376 g/mol. The molecule has 0 atom stereocenters. The number of anilines is 1. The molecule has 1 aliphatic heterocycles. The SMILES string of the molecule is CC(C)NC(=O)c1ccccc1NC(=O)C(=O)NCCCN1CCOCC1. The Morgan fingerprint density at radius 3 is 2.52 bits per heavy atom. The van der Waals surface area contributed by atoms with Crippen molar-refractivity contribution < 1.29 is 19.1 Å². The van der Waals surface area contributed by atoms with Crippen LogP contribution in [0.15, 0.2) is 24.3 Å². The van der Waals surface area contributed by atoms with Gasteiger partial charge in [-0.25, -0.2) is 0 Å². The van der Waals surface area contributed by atoms with Gasteiger partial charge in [0, 0.05) is 25.7 Å². The Labute approximate surface area is 159 Å². The molecule has 3 N–H and O–H groups in total. The molecular weight excluding hydrogens is 348 g/mol. The number of morpholine rings is 1. The first kappa shape index (κ1) is 20.9. The van der Waals surface area contributed by atoms with Gasteiger partial charge in [0.1, 0.15) is 0 Å². The number of carbonyl (C=O) groups excluding carboxylic acids is 3. The van der Waals surface area contributed by atoms with E-state index in [0.29, 0.717) is 17.8 Å². The van der Waals surface area contributed by atoms with Gasteiger partial charge in [0.05, 0.1) is 24.5 Å². The Balaban J connectivity index is 1.80. The molecule has 27 heavy (non-hydrogen) atoms. The summed E-state index contributed by atoms with van der Waals surface area (Å²) in [6, 6.07) is 6.57. The van der Waals surface area contributed by atoms with Crippen LogP contribution >= 0.6 is 0 Å². The Kier molecular flexibility index (Phi) is 8.22. The van der Waals surface area contributed by atoms with Crippen LogP contribution < -0.4 is 16.0 Å². The molecule has 1 aliphatic rings. The second-order valence-electron chi connectivity index (χ2n) is 6.69. The smallest absolute Gasteiger partial charge is 0.313 e. The second-order valence-corrected chi connectivity index (χ2v) is 6.69. The van der Waals surface area contributed by atoms with E-state index in [1.54, 1.807) is 24.3 Å². The van der Waals surface area contributed by atoms with Gasteiger partial charge in [0.15, 0.2) is 0 Å². The first-order chi connectivity index (χ1) is 13.0. The summed E-state index contributed by atoms with van der Waals surface area (Å²) in [6.45, 7) is 8.22. The fourth-order valence-corrected chi connectivity index (χ4v) is 2.72. The Hall–Kier alpha value is -2.45. The number of benzene rings is 1. The lowest BCUT2D eigenvalue weighted by Gasteiger charge is -2.26. The predicted molar refractivity (Wildman–Crippen MR) is 103 cm³/mol. The molecule has 1 fully saturated rings. The van der Waals surface area contributed by atoms with E-state index in [-0.39, 0.29) is 11.9 Å². The minimum Gasteiger partial charge on any atom is -0.379 e. The number of carbonyl (C=O) groups is 3. The number of nitrogens with zero attached hydrogens (tertiary/aromatic N) is 1. The molecule has 8 nitrogen and oxygen atoms in total. The van der Waals surface area contributed by atoms with Crippen LogP contribution in [-0.4, -0.2) is 68.1 Å². The molecule has 0 aliphatic carbocycles. The van der Waals surface area contributed by atoms with E-state index in [4.69, 9.17) is 4.74 Å². The molecule has 0 radical (unpaired) electrons.